The lowest BCUT2D eigenvalue weighted by Crippen LogP contribution is -2.21. The van der Waals surface area contributed by atoms with Crippen molar-refractivity contribution in [2.24, 2.45) is 0 Å². The van der Waals surface area contributed by atoms with Gasteiger partial charge in [-0.1, -0.05) is 30.3 Å². The smallest absolute Gasteiger partial charge is 0.263 e. The van der Waals surface area contributed by atoms with Gasteiger partial charge >= 0.3 is 0 Å². The minimum atomic E-state index is -0.284. The van der Waals surface area contributed by atoms with Crippen LogP contribution in [-0.4, -0.2) is 32.5 Å². The van der Waals surface area contributed by atoms with E-state index in [0.717, 1.165) is 35.3 Å². The van der Waals surface area contributed by atoms with Crippen LogP contribution in [0.25, 0.3) is 28.4 Å². The highest BCUT2D eigenvalue weighted by Gasteiger charge is 2.17. The zero-order valence-electron chi connectivity index (χ0n) is 19.4. The van der Waals surface area contributed by atoms with Gasteiger partial charge in [-0.05, 0) is 72.9 Å². The summed E-state index contributed by atoms with van der Waals surface area (Å²) in [6, 6.07) is 25.3. The summed E-state index contributed by atoms with van der Waals surface area (Å²) < 4.78 is 12.6. The van der Waals surface area contributed by atoms with Crippen molar-refractivity contribution in [1.29, 1.82) is 0 Å². The van der Waals surface area contributed by atoms with Crippen molar-refractivity contribution in [2.45, 2.75) is 19.3 Å². The molecule has 2 heterocycles. The fraction of sp³-hybridized carbons (Fsp3) is 0.143. The van der Waals surface area contributed by atoms with Gasteiger partial charge in [0.25, 0.3) is 5.91 Å². The molecule has 0 spiro atoms. The number of rotatable bonds is 7. The zero-order chi connectivity index (χ0) is 24.3. The molecule has 1 aliphatic rings. The molecule has 5 aromatic rings. The monoisotopic (exact) mass is 477 g/mol. The summed E-state index contributed by atoms with van der Waals surface area (Å²) in [4.78, 5) is 12.8. The first-order valence-electron chi connectivity index (χ1n) is 11.8. The number of para-hydroxylation sites is 1. The molecule has 0 saturated carbocycles. The Morgan fingerprint density at radius 1 is 0.944 bits per heavy atom. The number of hydrogen-bond donors (Lipinski definition) is 1. The van der Waals surface area contributed by atoms with E-state index in [-0.39, 0.29) is 12.5 Å². The fourth-order valence-corrected chi connectivity index (χ4v) is 4.43. The van der Waals surface area contributed by atoms with Crippen LogP contribution in [0.5, 0.6) is 5.75 Å². The quantitative estimate of drug-likeness (QED) is 0.351. The largest absolute Gasteiger partial charge is 0.484 e. The predicted molar refractivity (Wildman–Crippen MR) is 135 cm³/mol. The van der Waals surface area contributed by atoms with Crippen molar-refractivity contribution in [3.63, 3.8) is 0 Å². The molecule has 3 aromatic carbocycles. The molecule has 0 bridgehead atoms. The molecule has 0 atom stereocenters. The van der Waals surface area contributed by atoms with Crippen molar-refractivity contribution in [1.82, 2.24) is 20.0 Å². The Morgan fingerprint density at radius 2 is 1.75 bits per heavy atom. The maximum atomic E-state index is 12.8. The third kappa shape index (κ3) is 4.48. The summed E-state index contributed by atoms with van der Waals surface area (Å²) in [5.41, 5.74) is 6.27. The maximum absolute atomic E-state index is 12.8. The fourth-order valence-electron chi connectivity index (χ4n) is 4.43. The molecule has 178 valence electrons. The van der Waals surface area contributed by atoms with Gasteiger partial charge < -0.3 is 14.5 Å². The number of hydrogen-bond acceptors (Lipinski definition) is 6. The lowest BCUT2D eigenvalue weighted by molar-refractivity contribution is -0.118. The van der Waals surface area contributed by atoms with Gasteiger partial charge in [-0.3, -0.25) is 4.79 Å². The van der Waals surface area contributed by atoms with Crippen LogP contribution < -0.4 is 10.1 Å². The SMILES string of the molecule is O=C(COc1ccc(-c2nnco2)cc1)Nc1cc(-c2ccc3c(c2)CCC3)nn1-c1ccccc1. The highest BCUT2D eigenvalue weighted by atomic mass is 16.5. The van der Waals surface area contributed by atoms with Crippen LogP contribution >= 0.6 is 0 Å². The molecule has 8 heteroatoms. The van der Waals surface area contributed by atoms with E-state index in [1.54, 1.807) is 28.9 Å². The second-order valence-corrected chi connectivity index (χ2v) is 8.60. The number of ether oxygens (including phenoxy) is 1. The molecule has 0 unspecified atom stereocenters. The van der Waals surface area contributed by atoms with Crippen molar-refractivity contribution in [2.75, 3.05) is 11.9 Å². The molecule has 1 aliphatic carbocycles. The van der Waals surface area contributed by atoms with E-state index >= 15 is 0 Å². The van der Waals surface area contributed by atoms with Crippen LogP contribution in [0.15, 0.2) is 89.7 Å². The standard InChI is InChI=1S/C28H23N5O3/c34-27(17-35-24-13-11-20(12-14-24)28-31-29-18-36-28)30-26-16-25(32-33(26)23-7-2-1-3-8-23)22-10-9-19-5-4-6-21(19)15-22/h1-3,7-16,18H,4-6,17H2,(H,30,34). The summed E-state index contributed by atoms with van der Waals surface area (Å²) >= 11 is 0. The van der Waals surface area contributed by atoms with Gasteiger partial charge in [0.1, 0.15) is 11.6 Å². The van der Waals surface area contributed by atoms with E-state index in [1.165, 1.54) is 23.9 Å². The minimum Gasteiger partial charge on any atom is -0.484 e. The van der Waals surface area contributed by atoms with E-state index in [1.807, 2.05) is 36.4 Å². The first-order chi connectivity index (χ1) is 17.7. The van der Waals surface area contributed by atoms with Crippen molar-refractivity contribution in [3.05, 3.63) is 96.4 Å². The number of aryl methyl sites for hydroxylation is 2. The molecule has 1 N–H and O–H groups in total. The summed E-state index contributed by atoms with van der Waals surface area (Å²) in [5, 5.41) is 15.3. The van der Waals surface area contributed by atoms with Crippen LogP contribution in [0.4, 0.5) is 5.82 Å². The number of fused-ring (bicyclic) bond motifs is 1. The third-order valence-corrected chi connectivity index (χ3v) is 6.20. The molecule has 0 fully saturated rings. The number of carbonyl (C=O) groups is 1. The second-order valence-electron chi connectivity index (χ2n) is 8.60. The lowest BCUT2D eigenvalue weighted by atomic mass is 10.0. The summed E-state index contributed by atoms with van der Waals surface area (Å²) in [6.07, 6.45) is 4.70. The van der Waals surface area contributed by atoms with Crippen LogP contribution in [0.2, 0.25) is 0 Å². The van der Waals surface area contributed by atoms with E-state index in [9.17, 15) is 4.79 Å². The molecule has 6 rings (SSSR count). The van der Waals surface area contributed by atoms with Gasteiger partial charge in [0.2, 0.25) is 12.3 Å². The van der Waals surface area contributed by atoms with E-state index < -0.39 is 0 Å². The minimum absolute atomic E-state index is 0.145. The van der Waals surface area contributed by atoms with Gasteiger partial charge in [0.15, 0.2) is 6.61 Å². The molecular formula is C28H23N5O3. The Balaban J connectivity index is 1.20. The van der Waals surface area contributed by atoms with Crippen LogP contribution in [-0.2, 0) is 17.6 Å². The molecule has 0 aliphatic heterocycles. The normalized spacial score (nSPS) is 12.3. The topological polar surface area (TPSA) is 95.1 Å². The van der Waals surface area contributed by atoms with Crippen molar-refractivity contribution in [3.8, 4) is 34.1 Å². The average Bonchev–Trinajstić information content (AvgIpc) is 3.69. The number of aromatic nitrogens is 4. The molecule has 36 heavy (non-hydrogen) atoms. The number of benzene rings is 3. The number of carbonyl (C=O) groups excluding carboxylic acids is 1. The third-order valence-electron chi connectivity index (χ3n) is 6.20. The Labute approximate surface area is 207 Å². The van der Waals surface area contributed by atoms with Crippen molar-refractivity contribution >= 4 is 11.7 Å². The van der Waals surface area contributed by atoms with E-state index in [4.69, 9.17) is 14.3 Å². The predicted octanol–water partition coefficient (Wildman–Crippen LogP) is 5.10. The number of nitrogens with zero attached hydrogens (tertiary/aromatic N) is 4. The maximum Gasteiger partial charge on any atom is 0.263 e. The highest BCUT2D eigenvalue weighted by molar-refractivity contribution is 5.92. The van der Waals surface area contributed by atoms with Gasteiger partial charge in [-0.15, -0.1) is 10.2 Å². The molecule has 0 radical (unpaired) electrons. The Kier molecular flexibility index (Phi) is 5.75. The molecule has 2 aromatic heterocycles. The molecular weight excluding hydrogens is 454 g/mol. The summed E-state index contributed by atoms with van der Waals surface area (Å²) in [6.45, 7) is -0.145. The van der Waals surface area contributed by atoms with Gasteiger partial charge in [0, 0.05) is 17.2 Å². The number of nitrogens with one attached hydrogen (secondary N) is 1. The Bertz CT molecular complexity index is 1490. The molecule has 0 saturated heterocycles. The van der Waals surface area contributed by atoms with Crippen LogP contribution in [0.3, 0.4) is 0 Å². The highest BCUT2D eigenvalue weighted by Crippen LogP contribution is 2.30. The van der Waals surface area contributed by atoms with Gasteiger partial charge in [-0.2, -0.15) is 5.10 Å². The summed E-state index contributed by atoms with van der Waals surface area (Å²) in [7, 11) is 0. The lowest BCUT2D eigenvalue weighted by Gasteiger charge is -2.10. The first-order valence-corrected chi connectivity index (χ1v) is 11.8. The van der Waals surface area contributed by atoms with Crippen LogP contribution in [0.1, 0.15) is 17.5 Å². The average molecular weight is 478 g/mol. The van der Waals surface area contributed by atoms with Crippen molar-refractivity contribution < 1.29 is 13.9 Å². The molecule has 8 nitrogen and oxygen atoms in total. The number of amides is 1. The van der Waals surface area contributed by atoms with Crippen LogP contribution in [0, 0.1) is 0 Å². The first kappa shape index (κ1) is 21.8. The Hall–Kier alpha value is -4.72. The summed E-state index contributed by atoms with van der Waals surface area (Å²) in [5.74, 6) is 1.28. The zero-order valence-corrected chi connectivity index (χ0v) is 19.4. The Morgan fingerprint density at radius 3 is 2.56 bits per heavy atom. The number of anilines is 1. The van der Waals surface area contributed by atoms with Gasteiger partial charge in [-0.25, -0.2) is 4.68 Å². The van der Waals surface area contributed by atoms with E-state index in [0.29, 0.717) is 17.5 Å². The van der Waals surface area contributed by atoms with Gasteiger partial charge in [0.05, 0.1) is 11.4 Å². The second kappa shape index (κ2) is 9.50. The molecule has 1 amide bonds. The van der Waals surface area contributed by atoms with E-state index in [2.05, 4.69) is 33.7 Å².